The fraction of sp³-hybridized carbons (Fsp3) is 0.310. The lowest BCUT2D eigenvalue weighted by molar-refractivity contribution is 0.0955. The van der Waals surface area contributed by atoms with Crippen molar-refractivity contribution < 1.29 is 14.3 Å². The molecule has 0 radical (unpaired) electrons. The molecule has 1 aliphatic carbocycles. The van der Waals surface area contributed by atoms with Crippen LogP contribution in [0.1, 0.15) is 53.6 Å². The molecule has 0 unspecified atom stereocenters. The number of anilines is 2. The van der Waals surface area contributed by atoms with Gasteiger partial charge < -0.3 is 20.1 Å². The minimum atomic E-state index is -0.284. The number of hydrogen-bond donors (Lipinski definition) is 3. The molecule has 0 heterocycles. The summed E-state index contributed by atoms with van der Waals surface area (Å²) in [5.74, 6) is 1.02. The average Bonchev–Trinajstić information content (AvgIpc) is 2.93. The molecular weight excluding hydrogens is 452 g/mol. The highest BCUT2D eigenvalue weighted by Gasteiger charge is 2.16. The van der Waals surface area contributed by atoms with Crippen LogP contribution in [-0.4, -0.2) is 32.4 Å². The second-order valence-corrected chi connectivity index (χ2v) is 8.92. The summed E-state index contributed by atoms with van der Waals surface area (Å²) < 4.78 is 10.6. The smallest absolute Gasteiger partial charge is 0.271 e. The van der Waals surface area contributed by atoms with Gasteiger partial charge in [-0.25, -0.2) is 5.43 Å². The molecular formula is C29H34N4O3. The van der Waals surface area contributed by atoms with Crippen molar-refractivity contribution in [2.75, 3.05) is 24.9 Å². The Morgan fingerprint density at radius 2 is 1.64 bits per heavy atom. The molecule has 0 atom stereocenters. The summed E-state index contributed by atoms with van der Waals surface area (Å²) in [6.45, 7) is 0.668. The van der Waals surface area contributed by atoms with Crippen LogP contribution in [0.25, 0.3) is 0 Å². The molecule has 0 spiro atoms. The van der Waals surface area contributed by atoms with Crippen LogP contribution in [0.2, 0.25) is 0 Å². The monoisotopic (exact) mass is 486 g/mol. The van der Waals surface area contributed by atoms with E-state index in [4.69, 9.17) is 9.47 Å². The third-order valence-corrected chi connectivity index (χ3v) is 6.33. The molecule has 1 aliphatic rings. The molecule has 7 nitrogen and oxygen atoms in total. The van der Waals surface area contributed by atoms with Gasteiger partial charge in [-0.2, -0.15) is 5.10 Å². The molecule has 1 saturated carbocycles. The van der Waals surface area contributed by atoms with Crippen molar-refractivity contribution in [3.8, 4) is 11.5 Å². The Kier molecular flexibility index (Phi) is 8.81. The lowest BCUT2D eigenvalue weighted by atomic mass is 9.95. The molecule has 0 aliphatic heterocycles. The number of hydrazone groups is 1. The van der Waals surface area contributed by atoms with Crippen molar-refractivity contribution in [2.24, 2.45) is 5.10 Å². The number of nitrogens with one attached hydrogen (secondary N) is 3. The minimum Gasteiger partial charge on any atom is -0.497 e. The van der Waals surface area contributed by atoms with Gasteiger partial charge >= 0.3 is 0 Å². The zero-order chi connectivity index (χ0) is 25.2. The number of ether oxygens (including phenoxy) is 2. The van der Waals surface area contributed by atoms with Gasteiger partial charge in [-0.05, 0) is 48.7 Å². The van der Waals surface area contributed by atoms with Gasteiger partial charge in [0.1, 0.15) is 11.5 Å². The van der Waals surface area contributed by atoms with Crippen LogP contribution in [0, 0.1) is 0 Å². The van der Waals surface area contributed by atoms with Gasteiger partial charge in [0.25, 0.3) is 5.91 Å². The van der Waals surface area contributed by atoms with Crippen molar-refractivity contribution in [1.82, 2.24) is 5.43 Å². The molecule has 0 bridgehead atoms. The summed E-state index contributed by atoms with van der Waals surface area (Å²) in [4.78, 5) is 12.9. The van der Waals surface area contributed by atoms with Gasteiger partial charge in [-0.3, -0.25) is 4.79 Å². The third-order valence-electron chi connectivity index (χ3n) is 6.33. The maximum absolute atomic E-state index is 12.9. The molecule has 1 amide bonds. The predicted octanol–water partition coefficient (Wildman–Crippen LogP) is 5.82. The molecule has 188 valence electrons. The summed E-state index contributed by atoms with van der Waals surface area (Å²) >= 11 is 0. The number of rotatable bonds is 10. The van der Waals surface area contributed by atoms with E-state index in [1.165, 1.54) is 37.7 Å². The van der Waals surface area contributed by atoms with E-state index >= 15 is 0 Å². The number of nitrogens with zero attached hydrogens (tertiary/aromatic N) is 1. The number of benzene rings is 3. The number of amides is 1. The Morgan fingerprint density at radius 3 is 2.33 bits per heavy atom. The normalized spacial score (nSPS) is 13.8. The Hall–Kier alpha value is -4.00. The van der Waals surface area contributed by atoms with E-state index < -0.39 is 0 Å². The van der Waals surface area contributed by atoms with Crippen LogP contribution >= 0.6 is 0 Å². The Morgan fingerprint density at radius 1 is 0.917 bits per heavy atom. The second kappa shape index (κ2) is 12.6. The van der Waals surface area contributed by atoms with Crippen LogP contribution in [-0.2, 0) is 6.54 Å². The highest BCUT2D eigenvalue weighted by atomic mass is 16.5. The summed E-state index contributed by atoms with van der Waals surface area (Å²) in [5, 5.41) is 11.3. The molecule has 1 fully saturated rings. The van der Waals surface area contributed by atoms with E-state index in [1.807, 2.05) is 48.5 Å². The van der Waals surface area contributed by atoms with Crippen molar-refractivity contribution in [3.05, 3.63) is 83.4 Å². The molecule has 3 aromatic carbocycles. The van der Waals surface area contributed by atoms with Crippen LogP contribution < -0.4 is 25.5 Å². The lowest BCUT2D eigenvalue weighted by Gasteiger charge is -2.25. The Bertz CT molecular complexity index is 1150. The molecule has 36 heavy (non-hydrogen) atoms. The van der Waals surface area contributed by atoms with Crippen LogP contribution in [0.4, 0.5) is 11.4 Å². The van der Waals surface area contributed by atoms with E-state index in [-0.39, 0.29) is 5.91 Å². The van der Waals surface area contributed by atoms with Gasteiger partial charge in [0.2, 0.25) is 0 Å². The first-order valence-electron chi connectivity index (χ1n) is 12.4. The largest absolute Gasteiger partial charge is 0.497 e. The van der Waals surface area contributed by atoms with Crippen molar-refractivity contribution in [1.29, 1.82) is 0 Å². The zero-order valence-corrected chi connectivity index (χ0v) is 20.9. The zero-order valence-electron chi connectivity index (χ0n) is 20.9. The number of methoxy groups -OCH3 is 2. The van der Waals surface area contributed by atoms with Gasteiger partial charge in [0, 0.05) is 29.8 Å². The predicted molar refractivity (Wildman–Crippen MR) is 145 cm³/mol. The third kappa shape index (κ3) is 7.01. The van der Waals surface area contributed by atoms with E-state index in [2.05, 4.69) is 33.3 Å². The number of carbonyl (C=O) groups excluding carboxylic acids is 1. The fourth-order valence-corrected chi connectivity index (χ4v) is 4.35. The Labute approximate surface area is 212 Å². The molecule has 0 saturated heterocycles. The van der Waals surface area contributed by atoms with E-state index in [1.54, 1.807) is 26.5 Å². The summed E-state index contributed by atoms with van der Waals surface area (Å²) in [7, 11) is 3.18. The first-order chi connectivity index (χ1) is 17.6. The van der Waals surface area contributed by atoms with Gasteiger partial charge in [-0.15, -0.1) is 0 Å². The van der Waals surface area contributed by atoms with Gasteiger partial charge in [-0.1, -0.05) is 49.6 Å². The molecule has 0 aromatic heterocycles. The molecule has 3 aromatic rings. The maximum Gasteiger partial charge on any atom is 0.271 e. The van der Waals surface area contributed by atoms with Crippen LogP contribution in [0.5, 0.6) is 11.5 Å². The molecule has 4 rings (SSSR count). The minimum absolute atomic E-state index is 0.284. The van der Waals surface area contributed by atoms with Crippen LogP contribution in [0.3, 0.4) is 0 Å². The van der Waals surface area contributed by atoms with Crippen LogP contribution in [0.15, 0.2) is 71.8 Å². The lowest BCUT2D eigenvalue weighted by Crippen LogP contribution is -2.23. The summed E-state index contributed by atoms with van der Waals surface area (Å²) in [6.07, 6.45) is 7.72. The van der Waals surface area contributed by atoms with Crippen molar-refractivity contribution in [3.63, 3.8) is 0 Å². The van der Waals surface area contributed by atoms with Crippen molar-refractivity contribution >= 4 is 23.5 Å². The average molecular weight is 487 g/mol. The highest BCUT2D eigenvalue weighted by Crippen LogP contribution is 2.28. The molecule has 7 heteroatoms. The topological polar surface area (TPSA) is 84.0 Å². The first-order valence-corrected chi connectivity index (χ1v) is 12.4. The number of carbonyl (C=O) groups is 1. The SMILES string of the molecule is COc1cc(/C=N/NC(=O)c2ccc(NC3CCCCC3)c(NCc3ccccc3)c2)cc(OC)c1. The van der Waals surface area contributed by atoms with Gasteiger partial charge in [0.15, 0.2) is 0 Å². The molecule has 3 N–H and O–H groups in total. The quantitative estimate of drug-likeness (QED) is 0.248. The van der Waals surface area contributed by atoms with E-state index in [0.29, 0.717) is 29.6 Å². The van der Waals surface area contributed by atoms with E-state index in [9.17, 15) is 4.79 Å². The van der Waals surface area contributed by atoms with E-state index in [0.717, 1.165) is 16.9 Å². The highest BCUT2D eigenvalue weighted by molar-refractivity contribution is 5.97. The number of hydrogen-bond acceptors (Lipinski definition) is 6. The second-order valence-electron chi connectivity index (χ2n) is 8.92. The summed E-state index contributed by atoms with van der Waals surface area (Å²) in [6, 6.07) is 21.8. The van der Waals surface area contributed by atoms with Crippen molar-refractivity contribution in [2.45, 2.75) is 44.7 Å². The maximum atomic E-state index is 12.9. The first kappa shape index (κ1) is 25.1. The Balaban J connectivity index is 1.48. The standard InChI is InChI=1S/C29H34N4O3/c1-35-25-15-22(16-26(18-25)36-2)20-31-33-29(34)23-13-14-27(32-24-11-7-4-8-12-24)28(17-23)30-19-21-9-5-3-6-10-21/h3,5-6,9-10,13-18,20,24,30,32H,4,7-8,11-12,19H2,1-2H3,(H,33,34)/b31-20+. The fourth-order valence-electron chi connectivity index (χ4n) is 4.35. The summed E-state index contributed by atoms with van der Waals surface area (Å²) in [5.41, 5.74) is 7.00. The van der Waals surface area contributed by atoms with Gasteiger partial charge in [0.05, 0.1) is 31.8 Å².